The Labute approximate surface area is 162 Å². The molecule has 1 aliphatic heterocycles. The molecule has 4 heterocycles. The van der Waals surface area contributed by atoms with Gasteiger partial charge in [-0.05, 0) is 25.0 Å². The van der Waals surface area contributed by atoms with E-state index in [1.54, 1.807) is 18.9 Å². The molecule has 0 aromatic carbocycles. The van der Waals surface area contributed by atoms with Crippen molar-refractivity contribution in [1.82, 2.24) is 24.3 Å². The van der Waals surface area contributed by atoms with Crippen LogP contribution in [0.25, 0.3) is 11.4 Å². The lowest BCUT2D eigenvalue weighted by Crippen LogP contribution is -2.14. The first-order valence-corrected chi connectivity index (χ1v) is 9.07. The summed E-state index contributed by atoms with van der Waals surface area (Å²) in [5.74, 6) is 0.971. The standard InChI is InChI=1S/C18H21ClN6O2/c1-11-8-14(19)25-5-4-12-9-20-18(22-15(12)16(11)25)21-13-10-24(6-7-26-2)23-17(13)27-3/h8-10H,4-7H2,1-3H3,(H,20,21,22). The Morgan fingerprint density at radius 1 is 1.33 bits per heavy atom. The van der Waals surface area contributed by atoms with Crippen molar-refractivity contribution in [2.75, 3.05) is 26.1 Å². The molecule has 3 aromatic heterocycles. The summed E-state index contributed by atoms with van der Waals surface area (Å²) in [5.41, 5.74) is 4.89. The Kier molecular flexibility index (Phi) is 4.75. The van der Waals surface area contributed by atoms with Crippen LogP contribution in [-0.4, -0.2) is 45.1 Å². The molecule has 0 saturated heterocycles. The molecule has 0 spiro atoms. The number of aromatic nitrogens is 5. The number of hydrogen-bond donors (Lipinski definition) is 1. The molecule has 9 heteroatoms. The molecule has 8 nitrogen and oxygen atoms in total. The predicted octanol–water partition coefficient (Wildman–Crippen LogP) is 3.06. The van der Waals surface area contributed by atoms with Crippen LogP contribution in [0.5, 0.6) is 5.88 Å². The van der Waals surface area contributed by atoms with Gasteiger partial charge in [0.1, 0.15) is 10.8 Å². The van der Waals surface area contributed by atoms with Crippen LogP contribution in [0.3, 0.4) is 0 Å². The van der Waals surface area contributed by atoms with Gasteiger partial charge in [-0.3, -0.25) is 4.68 Å². The number of nitrogens with one attached hydrogen (secondary N) is 1. The first-order valence-electron chi connectivity index (χ1n) is 8.70. The summed E-state index contributed by atoms with van der Waals surface area (Å²) >= 11 is 6.35. The topological polar surface area (TPSA) is 79.0 Å². The summed E-state index contributed by atoms with van der Waals surface area (Å²) < 4.78 is 14.3. The van der Waals surface area contributed by atoms with Crippen LogP contribution < -0.4 is 10.1 Å². The number of methoxy groups -OCH3 is 2. The van der Waals surface area contributed by atoms with Crippen LogP contribution in [-0.2, 0) is 24.2 Å². The van der Waals surface area contributed by atoms with Crippen LogP contribution in [0.15, 0.2) is 18.5 Å². The van der Waals surface area contributed by atoms with E-state index in [9.17, 15) is 0 Å². The molecular formula is C18H21ClN6O2. The molecule has 27 heavy (non-hydrogen) atoms. The smallest absolute Gasteiger partial charge is 0.256 e. The van der Waals surface area contributed by atoms with Gasteiger partial charge in [0.2, 0.25) is 5.95 Å². The third kappa shape index (κ3) is 3.26. The van der Waals surface area contributed by atoms with E-state index in [1.165, 1.54) is 0 Å². The summed E-state index contributed by atoms with van der Waals surface area (Å²) in [7, 11) is 3.24. The van der Waals surface area contributed by atoms with E-state index < -0.39 is 0 Å². The van der Waals surface area contributed by atoms with Crippen LogP contribution in [0.2, 0.25) is 5.15 Å². The Balaban J connectivity index is 1.66. The number of halogens is 1. The second kappa shape index (κ2) is 7.21. The number of ether oxygens (including phenoxy) is 2. The summed E-state index contributed by atoms with van der Waals surface area (Å²) in [4.78, 5) is 9.21. The first-order chi connectivity index (χ1) is 13.1. The number of aryl methyl sites for hydroxylation is 2. The van der Waals surface area contributed by atoms with Gasteiger partial charge in [-0.15, -0.1) is 5.10 Å². The fourth-order valence-corrected chi connectivity index (χ4v) is 3.66. The highest BCUT2D eigenvalue weighted by Crippen LogP contribution is 2.35. The van der Waals surface area contributed by atoms with Crippen LogP contribution in [0.1, 0.15) is 11.1 Å². The Morgan fingerprint density at radius 2 is 2.19 bits per heavy atom. The van der Waals surface area contributed by atoms with Crippen molar-refractivity contribution in [3.63, 3.8) is 0 Å². The summed E-state index contributed by atoms with van der Waals surface area (Å²) in [5, 5.41) is 8.33. The maximum atomic E-state index is 6.35. The van der Waals surface area contributed by atoms with E-state index in [2.05, 4.69) is 20.0 Å². The van der Waals surface area contributed by atoms with Crippen molar-refractivity contribution in [2.24, 2.45) is 0 Å². The molecule has 0 saturated carbocycles. The first kappa shape index (κ1) is 17.8. The molecule has 0 fully saturated rings. The monoisotopic (exact) mass is 388 g/mol. The molecule has 3 aromatic rings. The third-order valence-electron chi connectivity index (χ3n) is 4.62. The second-order valence-corrected chi connectivity index (χ2v) is 6.79. The SMILES string of the molecule is COCCn1cc(Nc2ncc3c(n2)-c2c(C)cc(Cl)n2CC3)c(OC)n1. The van der Waals surface area contributed by atoms with Gasteiger partial charge in [-0.1, -0.05) is 11.6 Å². The number of fused-ring (bicyclic) bond motifs is 3. The van der Waals surface area contributed by atoms with Gasteiger partial charge < -0.3 is 19.4 Å². The lowest BCUT2D eigenvalue weighted by molar-refractivity contribution is 0.183. The minimum absolute atomic E-state index is 0.482. The molecule has 0 amide bonds. The maximum Gasteiger partial charge on any atom is 0.256 e. The second-order valence-electron chi connectivity index (χ2n) is 6.40. The summed E-state index contributed by atoms with van der Waals surface area (Å²) in [6.45, 7) is 4.08. The van der Waals surface area contributed by atoms with Gasteiger partial charge >= 0.3 is 0 Å². The van der Waals surface area contributed by atoms with Gasteiger partial charge in [-0.2, -0.15) is 0 Å². The highest BCUT2D eigenvalue weighted by Gasteiger charge is 2.23. The fraction of sp³-hybridized carbons (Fsp3) is 0.389. The van der Waals surface area contributed by atoms with E-state index in [1.807, 2.05) is 25.4 Å². The number of rotatable bonds is 6. The largest absolute Gasteiger partial charge is 0.478 e. The highest BCUT2D eigenvalue weighted by atomic mass is 35.5. The van der Waals surface area contributed by atoms with Gasteiger partial charge in [-0.25, -0.2) is 9.97 Å². The van der Waals surface area contributed by atoms with E-state index in [4.69, 9.17) is 26.1 Å². The Morgan fingerprint density at radius 3 is 2.96 bits per heavy atom. The van der Waals surface area contributed by atoms with E-state index in [0.29, 0.717) is 30.7 Å². The van der Waals surface area contributed by atoms with Crippen LogP contribution in [0, 0.1) is 6.92 Å². The van der Waals surface area contributed by atoms with E-state index >= 15 is 0 Å². The van der Waals surface area contributed by atoms with E-state index in [-0.39, 0.29) is 0 Å². The predicted molar refractivity (Wildman–Crippen MR) is 103 cm³/mol. The zero-order chi connectivity index (χ0) is 19.0. The van der Waals surface area contributed by atoms with Crippen LogP contribution in [0.4, 0.5) is 11.6 Å². The minimum Gasteiger partial charge on any atom is -0.478 e. The average molecular weight is 389 g/mol. The van der Waals surface area contributed by atoms with Crippen molar-refractivity contribution in [1.29, 1.82) is 0 Å². The fourth-order valence-electron chi connectivity index (χ4n) is 3.33. The zero-order valence-corrected chi connectivity index (χ0v) is 16.2. The third-order valence-corrected chi connectivity index (χ3v) is 4.94. The molecule has 1 N–H and O–H groups in total. The number of nitrogens with zero attached hydrogens (tertiary/aromatic N) is 5. The molecule has 0 atom stereocenters. The quantitative estimate of drug-likeness (QED) is 0.699. The normalized spacial score (nSPS) is 12.6. The Bertz CT molecular complexity index is 981. The molecule has 0 unspecified atom stereocenters. The van der Waals surface area contributed by atoms with Crippen molar-refractivity contribution in [3.8, 4) is 17.3 Å². The van der Waals surface area contributed by atoms with Crippen molar-refractivity contribution >= 4 is 23.2 Å². The van der Waals surface area contributed by atoms with E-state index in [0.717, 1.165) is 40.6 Å². The van der Waals surface area contributed by atoms with Crippen molar-refractivity contribution in [3.05, 3.63) is 34.7 Å². The zero-order valence-electron chi connectivity index (χ0n) is 15.5. The van der Waals surface area contributed by atoms with Gasteiger partial charge in [0, 0.05) is 25.4 Å². The molecule has 0 bridgehead atoms. The molecule has 0 radical (unpaired) electrons. The molecule has 142 valence electrons. The summed E-state index contributed by atoms with van der Waals surface area (Å²) in [6.07, 6.45) is 4.58. The van der Waals surface area contributed by atoms with Gasteiger partial charge in [0.15, 0.2) is 0 Å². The van der Waals surface area contributed by atoms with Gasteiger partial charge in [0.05, 0.1) is 37.8 Å². The van der Waals surface area contributed by atoms with Crippen LogP contribution >= 0.6 is 11.6 Å². The lowest BCUT2D eigenvalue weighted by atomic mass is 10.0. The van der Waals surface area contributed by atoms with Gasteiger partial charge in [0.25, 0.3) is 5.88 Å². The minimum atomic E-state index is 0.482. The highest BCUT2D eigenvalue weighted by molar-refractivity contribution is 6.30. The summed E-state index contributed by atoms with van der Waals surface area (Å²) in [6, 6.07) is 1.98. The maximum absolute atomic E-state index is 6.35. The molecule has 4 rings (SSSR count). The molecular weight excluding hydrogens is 368 g/mol. The van der Waals surface area contributed by atoms with Crippen molar-refractivity contribution in [2.45, 2.75) is 26.4 Å². The van der Waals surface area contributed by atoms with Crippen molar-refractivity contribution < 1.29 is 9.47 Å². The molecule has 1 aliphatic rings. The number of hydrogen-bond acceptors (Lipinski definition) is 6. The lowest BCUT2D eigenvalue weighted by Gasteiger charge is -2.20. The Hall–Kier alpha value is -2.58. The number of anilines is 2. The average Bonchev–Trinajstić information content (AvgIpc) is 3.19. The molecule has 0 aliphatic carbocycles.